The fourth-order valence-corrected chi connectivity index (χ4v) is 1.74. The second kappa shape index (κ2) is 4.82. The summed E-state index contributed by atoms with van der Waals surface area (Å²) >= 11 is 0. The van der Waals surface area contributed by atoms with E-state index in [1.54, 1.807) is 13.8 Å². The normalized spacial score (nSPS) is 15.1. The summed E-state index contributed by atoms with van der Waals surface area (Å²) in [5.41, 5.74) is 0. The molecular formula is C8H18O3S. The van der Waals surface area contributed by atoms with E-state index in [2.05, 4.69) is 0 Å². The summed E-state index contributed by atoms with van der Waals surface area (Å²) in [7, 11) is -3.26. The van der Waals surface area contributed by atoms with Crippen molar-refractivity contribution in [2.45, 2.75) is 40.2 Å². The molecule has 74 valence electrons. The van der Waals surface area contributed by atoms with Crippen LogP contribution in [-0.2, 0) is 14.3 Å². The van der Waals surface area contributed by atoms with E-state index in [1.807, 2.05) is 13.8 Å². The summed E-state index contributed by atoms with van der Waals surface area (Å²) in [5, 5.41) is 0. The third kappa shape index (κ3) is 5.55. The van der Waals surface area contributed by atoms with E-state index < -0.39 is 10.1 Å². The molecule has 0 aromatic heterocycles. The zero-order valence-electron chi connectivity index (χ0n) is 8.20. The summed E-state index contributed by atoms with van der Waals surface area (Å²) < 4.78 is 26.8. The van der Waals surface area contributed by atoms with Crippen LogP contribution in [-0.4, -0.2) is 20.3 Å². The van der Waals surface area contributed by atoms with Crippen molar-refractivity contribution in [1.82, 2.24) is 0 Å². The second-order valence-electron chi connectivity index (χ2n) is 3.38. The van der Waals surface area contributed by atoms with E-state index in [4.69, 9.17) is 4.18 Å². The first-order valence-electron chi connectivity index (χ1n) is 4.28. The van der Waals surface area contributed by atoms with Crippen LogP contribution in [0.4, 0.5) is 0 Å². The topological polar surface area (TPSA) is 43.4 Å². The maximum Gasteiger partial charge on any atom is 0.267 e. The first-order chi connectivity index (χ1) is 5.37. The summed E-state index contributed by atoms with van der Waals surface area (Å²) in [6.07, 6.45) is 0.578. The fourth-order valence-electron chi connectivity index (χ4n) is 1.02. The van der Waals surface area contributed by atoms with Crippen molar-refractivity contribution in [2.75, 3.05) is 5.75 Å². The molecule has 4 heteroatoms. The van der Waals surface area contributed by atoms with Gasteiger partial charge in [-0.25, -0.2) is 0 Å². The van der Waals surface area contributed by atoms with Crippen molar-refractivity contribution >= 4 is 10.1 Å². The lowest BCUT2D eigenvalue weighted by Gasteiger charge is -2.13. The van der Waals surface area contributed by atoms with Gasteiger partial charge in [-0.1, -0.05) is 13.8 Å². The largest absolute Gasteiger partial charge is 0.267 e. The molecule has 1 unspecified atom stereocenters. The Labute approximate surface area is 75.2 Å². The van der Waals surface area contributed by atoms with Crippen molar-refractivity contribution < 1.29 is 12.6 Å². The predicted molar refractivity (Wildman–Crippen MR) is 49.5 cm³/mol. The number of hydrogen-bond donors (Lipinski definition) is 0. The SMILES string of the molecule is CCS(=O)(=O)OC(C)CC(C)C. The Morgan fingerprint density at radius 2 is 1.75 bits per heavy atom. The zero-order chi connectivity index (χ0) is 9.78. The van der Waals surface area contributed by atoms with Crippen LogP contribution in [0.15, 0.2) is 0 Å². The lowest BCUT2D eigenvalue weighted by Crippen LogP contribution is -2.18. The van der Waals surface area contributed by atoms with Gasteiger partial charge >= 0.3 is 0 Å². The monoisotopic (exact) mass is 194 g/mol. The Kier molecular flexibility index (Phi) is 4.78. The smallest absolute Gasteiger partial charge is 0.267 e. The molecule has 0 aromatic rings. The van der Waals surface area contributed by atoms with Crippen LogP contribution < -0.4 is 0 Å². The molecule has 0 aromatic carbocycles. The van der Waals surface area contributed by atoms with Crippen molar-refractivity contribution in [1.29, 1.82) is 0 Å². The van der Waals surface area contributed by atoms with Gasteiger partial charge in [-0.05, 0) is 26.2 Å². The molecule has 0 radical (unpaired) electrons. The summed E-state index contributed by atoms with van der Waals surface area (Å²) in [5.74, 6) is 0.516. The number of hydrogen-bond acceptors (Lipinski definition) is 3. The van der Waals surface area contributed by atoms with Gasteiger partial charge in [0, 0.05) is 0 Å². The van der Waals surface area contributed by atoms with Crippen molar-refractivity contribution in [2.24, 2.45) is 5.92 Å². The highest BCUT2D eigenvalue weighted by Crippen LogP contribution is 2.10. The average molecular weight is 194 g/mol. The Morgan fingerprint density at radius 1 is 1.25 bits per heavy atom. The maximum atomic E-state index is 11.0. The van der Waals surface area contributed by atoms with Gasteiger partial charge in [0.05, 0.1) is 11.9 Å². The van der Waals surface area contributed by atoms with Crippen molar-refractivity contribution in [3.05, 3.63) is 0 Å². The van der Waals surface area contributed by atoms with Crippen molar-refractivity contribution in [3.8, 4) is 0 Å². The van der Waals surface area contributed by atoms with E-state index in [9.17, 15) is 8.42 Å². The molecule has 3 nitrogen and oxygen atoms in total. The summed E-state index contributed by atoms with van der Waals surface area (Å²) in [6, 6.07) is 0. The molecule has 1 atom stereocenters. The molecular weight excluding hydrogens is 176 g/mol. The summed E-state index contributed by atoms with van der Waals surface area (Å²) in [4.78, 5) is 0. The molecule has 0 aliphatic rings. The third-order valence-electron chi connectivity index (χ3n) is 1.47. The second-order valence-corrected chi connectivity index (χ2v) is 5.27. The van der Waals surface area contributed by atoms with Crippen LogP contribution in [0, 0.1) is 5.92 Å². The van der Waals surface area contributed by atoms with E-state index in [-0.39, 0.29) is 11.9 Å². The lowest BCUT2D eigenvalue weighted by molar-refractivity contribution is 0.201. The Balaban J connectivity index is 3.93. The van der Waals surface area contributed by atoms with Gasteiger partial charge in [0.2, 0.25) is 0 Å². The average Bonchev–Trinajstić information content (AvgIpc) is 1.84. The lowest BCUT2D eigenvalue weighted by atomic mass is 10.1. The van der Waals surface area contributed by atoms with E-state index in [1.165, 1.54) is 0 Å². The third-order valence-corrected chi connectivity index (χ3v) is 2.80. The van der Waals surface area contributed by atoms with Crippen LogP contribution >= 0.6 is 0 Å². The highest BCUT2D eigenvalue weighted by molar-refractivity contribution is 7.86. The standard InChI is InChI=1S/C8H18O3S/c1-5-12(9,10)11-8(4)6-7(2)3/h7-8H,5-6H2,1-4H3. The molecule has 0 saturated carbocycles. The molecule has 0 rings (SSSR count). The zero-order valence-corrected chi connectivity index (χ0v) is 9.02. The van der Waals surface area contributed by atoms with E-state index >= 15 is 0 Å². The molecule has 0 bridgehead atoms. The Morgan fingerprint density at radius 3 is 2.08 bits per heavy atom. The first-order valence-corrected chi connectivity index (χ1v) is 5.86. The van der Waals surface area contributed by atoms with Crippen LogP contribution in [0.2, 0.25) is 0 Å². The van der Waals surface area contributed by atoms with Gasteiger partial charge < -0.3 is 0 Å². The Bertz CT molecular complexity index is 206. The van der Waals surface area contributed by atoms with Gasteiger partial charge in [-0.2, -0.15) is 8.42 Å². The fraction of sp³-hybridized carbons (Fsp3) is 1.00. The van der Waals surface area contributed by atoms with Crippen LogP contribution in [0.3, 0.4) is 0 Å². The quantitative estimate of drug-likeness (QED) is 0.627. The van der Waals surface area contributed by atoms with Gasteiger partial charge in [-0.15, -0.1) is 0 Å². The van der Waals surface area contributed by atoms with Gasteiger partial charge in [0.1, 0.15) is 0 Å². The number of rotatable bonds is 5. The molecule has 0 amide bonds. The molecule has 12 heavy (non-hydrogen) atoms. The molecule has 0 saturated heterocycles. The van der Waals surface area contributed by atoms with E-state index in [0.29, 0.717) is 5.92 Å². The van der Waals surface area contributed by atoms with Crippen LogP contribution in [0.5, 0.6) is 0 Å². The predicted octanol–water partition coefficient (Wildman–Crippen LogP) is 1.79. The van der Waals surface area contributed by atoms with Gasteiger partial charge in [-0.3, -0.25) is 4.18 Å². The molecule has 0 aliphatic heterocycles. The molecule has 0 spiro atoms. The molecule has 0 aliphatic carbocycles. The Hall–Kier alpha value is -0.0900. The van der Waals surface area contributed by atoms with Gasteiger partial charge in [0.15, 0.2) is 0 Å². The van der Waals surface area contributed by atoms with Crippen molar-refractivity contribution in [3.63, 3.8) is 0 Å². The van der Waals surface area contributed by atoms with Gasteiger partial charge in [0.25, 0.3) is 10.1 Å². The minimum absolute atomic E-state index is 0.0510. The minimum atomic E-state index is -3.26. The summed E-state index contributed by atoms with van der Waals surface area (Å²) in [6.45, 7) is 7.45. The van der Waals surface area contributed by atoms with Crippen LogP contribution in [0.25, 0.3) is 0 Å². The highest BCUT2D eigenvalue weighted by atomic mass is 32.2. The highest BCUT2D eigenvalue weighted by Gasteiger charge is 2.14. The van der Waals surface area contributed by atoms with E-state index in [0.717, 1.165) is 6.42 Å². The first kappa shape index (κ1) is 11.9. The minimum Gasteiger partial charge on any atom is -0.267 e. The molecule has 0 N–H and O–H groups in total. The van der Waals surface area contributed by atoms with Crippen LogP contribution in [0.1, 0.15) is 34.1 Å². The molecule has 0 heterocycles. The molecule has 0 fully saturated rings. The maximum absolute atomic E-state index is 11.0.